The number of fused-ring (bicyclic) bond motifs is 5. The van der Waals surface area contributed by atoms with Crippen LogP contribution in [0.2, 0.25) is 0 Å². The molecular formula is C18H18N4O. The van der Waals surface area contributed by atoms with Crippen molar-refractivity contribution in [3.05, 3.63) is 53.7 Å². The summed E-state index contributed by atoms with van der Waals surface area (Å²) in [5.41, 5.74) is 4.24. The molecule has 3 heterocycles. The van der Waals surface area contributed by atoms with E-state index in [1.54, 1.807) is 6.33 Å². The van der Waals surface area contributed by atoms with E-state index < -0.39 is 0 Å². The summed E-state index contributed by atoms with van der Waals surface area (Å²) >= 11 is 0. The van der Waals surface area contributed by atoms with Crippen molar-refractivity contribution in [2.45, 2.75) is 31.2 Å². The Morgan fingerprint density at radius 1 is 1.26 bits per heavy atom. The maximum Gasteiger partial charge on any atom is 0.256 e. The lowest BCUT2D eigenvalue weighted by Gasteiger charge is -2.42. The maximum atomic E-state index is 13.1. The number of hydrogen-bond acceptors (Lipinski definition) is 2. The van der Waals surface area contributed by atoms with Gasteiger partial charge in [-0.1, -0.05) is 18.2 Å². The Balaban J connectivity index is 1.50. The summed E-state index contributed by atoms with van der Waals surface area (Å²) in [6.07, 6.45) is 6.56. The molecule has 0 saturated carbocycles. The number of H-pyrrole nitrogens is 2. The van der Waals surface area contributed by atoms with Crippen LogP contribution in [0.3, 0.4) is 0 Å². The summed E-state index contributed by atoms with van der Waals surface area (Å²) in [5, 5.41) is 1.01. The van der Waals surface area contributed by atoms with E-state index in [-0.39, 0.29) is 11.9 Å². The van der Waals surface area contributed by atoms with Gasteiger partial charge in [-0.3, -0.25) is 4.79 Å². The number of amides is 1. The zero-order chi connectivity index (χ0) is 15.4. The highest BCUT2D eigenvalue weighted by Crippen LogP contribution is 2.39. The third-order valence-corrected chi connectivity index (χ3v) is 5.37. The molecule has 2 atom stereocenters. The van der Waals surface area contributed by atoms with Crippen LogP contribution >= 0.6 is 0 Å². The minimum Gasteiger partial charge on any atom is -0.360 e. The predicted molar refractivity (Wildman–Crippen MR) is 87.4 cm³/mol. The second-order valence-corrected chi connectivity index (χ2v) is 6.59. The highest BCUT2D eigenvalue weighted by atomic mass is 16.2. The molecule has 1 fully saturated rings. The van der Waals surface area contributed by atoms with Gasteiger partial charge in [0.25, 0.3) is 5.91 Å². The summed E-state index contributed by atoms with van der Waals surface area (Å²) in [5.74, 6) is 0.649. The van der Waals surface area contributed by atoms with Gasteiger partial charge < -0.3 is 14.9 Å². The first-order valence-electron chi connectivity index (χ1n) is 8.20. The fraction of sp³-hybridized carbons (Fsp3) is 0.333. The van der Waals surface area contributed by atoms with Crippen LogP contribution in [0.4, 0.5) is 0 Å². The SMILES string of the molecule is O=C(c1c[nH]c2ccccc12)N1CC[C@H]2C[C@@H]1Cc1[nH]cnc12. The van der Waals surface area contributed by atoms with E-state index in [1.165, 1.54) is 11.4 Å². The van der Waals surface area contributed by atoms with E-state index in [0.29, 0.717) is 5.92 Å². The van der Waals surface area contributed by atoms with Crippen molar-refractivity contribution in [2.24, 2.45) is 0 Å². The van der Waals surface area contributed by atoms with Crippen molar-refractivity contribution in [1.29, 1.82) is 0 Å². The summed E-state index contributed by atoms with van der Waals surface area (Å²) in [6.45, 7) is 0.819. The van der Waals surface area contributed by atoms with Gasteiger partial charge in [-0.15, -0.1) is 0 Å². The predicted octanol–water partition coefficient (Wildman–Crippen LogP) is 2.84. The highest BCUT2D eigenvalue weighted by Gasteiger charge is 2.39. The van der Waals surface area contributed by atoms with Crippen LogP contribution in [0, 0.1) is 0 Å². The zero-order valence-corrected chi connectivity index (χ0v) is 12.7. The maximum absolute atomic E-state index is 13.1. The number of benzene rings is 1. The smallest absolute Gasteiger partial charge is 0.256 e. The fourth-order valence-electron chi connectivity index (χ4n) is 4.25. The first-order valence-corrected chi connectivity index (χ1v) is 8.20. The molecule has 5 rings (SSSR count). The number of likely N-dealkylation sites (tertiary alicyclic amines) is 1. The van der Waals surface area contributed by atoms with Gasteiger partial charge in [0.15, 0.2) is 0 Å². The van der Waals surface area contributed by atoms with Crippen molar-refractivity contribution >= 4 is 16.8 Å². The van der Waals surface area contributed by atoms with E-state index in [2.05, 4.69) is 19.9 Å². The van der Waals surface area contributed by atoms with E-state index in [1.807, 2.05) is 30.5 Å². The first kappa shape index (κ1) is 12.9. The molecule has 2 N–H and O–H groups in total. The molecule has 116 valence electrons. The van der Waals surface area contributed by atoms with Crippen LogP contribution in [0.25, 0.3) is 10.9 Å². The Kier molecular flexibility index (Phi) is 2.65. The molecule has 1 aromatic carbocycles. The Labute approximate surface area is 133 Å². The van der Waals surface area contributed by atoms with Crippen LogP contribution in [0.15, 0.2) is 36.8 Å². The Morgan fingerprint density at radius 3 is 3.13 bits per heavy atom. The van der Waals surface area contributed by atoms with Crippen molar-refractivity contribution in [3.8, 4) is 0 Å². The van der Waals surface area contributed by atoms with Crippen molar-refractivity contribution in [2.75, 3.05) is 6.54 Å². The quantitative estimate of drug-likeness (QED) is 0.726. The van der Waals surface area contributed by atoms with Crippen LogP contribution in [-0.2, 0) is 6.42 Å². The minimum absolute atomic E-state index is 0.147. The Morgan fingerprint density at radius 2 is 2.17 bits per heavy atom. The average molecular weight is 306 g/mol. The second kappa shape index (κ2) is 4.72. The minimum atomic E-state index is 0.147. The van der Waals surface area contributed by atoms with Gasteiger partial charge in [0.1, 0.15) is 0 Å². The fourth-order valence-corrected chi connectivity index (χ4v) is 4.25. The molecule has 1 aliphatic carbocycles. The third kappa shape index (κ3) is 1.86. The van der Waals surface area contributed by atoms with Gasteiger partial charge in [-0.25, -0.2) is 4.98 Å². The van der Waals surface area contributed by atoms with E-state index in [4.69, 9.17) is 0 Å². The van der Waals surface area contributed by atoms with Crippen molar-refractivity contribution in [3.63, 3.8) is 0 Å². The normalized spacial score (nSPS) is 23.0. The lowest BCUT2D eigenvalue weighted by Crippen LogP contribution is -2.48. The highest BCUT2D eigenvalue weighted by molar-refractivity contribution is 6.06. The van der Waals surface area contributed by atoms with E-state index in [9.17, 15) is 4.79 Å². The van der Waals surface area contributed by atoms with Gasteiger partial charge in [-0.05, 0) is 18.9 Å². The number of imidazole rings is 1. The van der Waals surface area contributed by atoms with Crippen LogP contribution < -0.4 is 0 Å². The molecule has 23 heavy (non-hydrogen) atoms. The summed E-state index contributed by atoms with van der Waals surface area (Å²) in [7, 11) is 0. The molecule has 2 aliphatic rings. The largest absolute Gasteiger partial charge is 0.360 e. The molecule has 2 aromatic heterocycles. The average Bonchev–Trinajstić information content (AvgIpc) is 3.21. The third-order valence-electron chi connectivity index (χ3n) is 5.37. The molecule has 5 heteroatoms. The van der Waals surface area contributed by atoms with Crippen LogP contribution in [-0.4, -0.2) is 38.3 Å². The zero-order valence-electron chi connectivity index (χ0n) is 12.7. The molecule has 1 aliphatic heterocycles. The molecule has 1 amide bonds. The summed E-state index contributed by atoms with van der Waals surface area (Å²) < 4.78 is 0. The number of nitrogens with one attached hydrogen (secondary N) is 2. The number of aromatic amines is 2. The van der Waals surface area contributed by atoms with Crippen LogP contribution in [0.1, 0.15) is 40.5 Å². The lowest BCUT2D eigenvalue weighted by atomic mass is 9.80. The molecular weight excluding hydrogens is 288 g/mol. The van der Waals surface area contributed by atoms with Gasteiger partial charge in [0.05, 0.1) is 17.6 Å². The standard InChI is InChI=1S/C18H18N4O/c23-18(14-9-19-15-4-2-1-3-13(14)15)22-6-5-11-7-12(22)8-16-17(11)21-10-20-16/h1-4,9-12,19H,5-8H2,(H,20,21)/t11-,12+/m0/s1. The van der Waals surface area contributed by atoms with Gasteiger partial charge >= 0.3 is 0 Å². The summed E-state index contributed by atoms with van der Waals surface area (Å²) in [6, 6.07) is 8.27. The number of para-hydroxylation sites is 1. The Bertz CT molecular complexity index is 893. The van der Waals surface area contributed by atoms with Gasteiger partial charge in [0.2, 0.25) is 0 Å². The van der Waals surface area contributed by atoms with E-state index >= 15 is 0 Å². The molecule has 3 aromatic rings. The molecule has 5 nitrogen and oxygen atoms in total. The second-order valence-electron chi connectivity index (χ2n) is 6.59. The summed E-state index contributed by atoms with van der Waals surface area (Å²) in [4.78, 5) is 26.1. The number of nitrogens with zero attached hydrogens (tertiary/aromatic N) is 2. The van der Waals surface area contributed by atoms with Crippen LogP contribution in [0.5, 0.6) is 0 Å². The van der Waals surface area contributed by atoms with Crippen molar-refractivity contribution in [1.82, 2.24) is 19.9 Å². The number of rotatable bonds is 1. The monoisotopic (exact) mass is 306 g/mol. The number of piperidine rings is 1. The molecule has 1 saturated heterocycles. The van der Waals surface area contributed by atoms with E-state index in [0.717, 1.165) is 42.3 Å². The molecule has 0 radical (unpaired) electrons. The number of carbonyl (C=O) groups excluding carboxylic acids is 1. The number of aromatic nitrogens is 3. The van der Waals surface area contributed by atoms with Crippen molar-refractivity contribution < 1.29 is 4.79 Å². The molecule has 2 bridgehead atoms. The van der Waals surface area contributed by atoms with Gasteiger partial charge in [0, 0.05) is 47.7 Å². The number of hydrogen-bond donors (Lipinski definition) is 2. The van der Waals surface area contributed by atoms with Gasteiger partial charge in [-0.2, -0.15) is 0 Å². The first-order chi connectivity index (χ1) is 11.3. The topological polar surface area (TPSA) is 64.8 Å². The number of carbonyl (C=O) groups is 1. The lowest BCUT2D eigenvalue weighted by molar-refractivity contribution is 0.0573. The molecule has 0 spiro atoms. The molecule has 0 unspecified atom stereocenters. The Hall–Kier alpha value is -2.56.